The Hall–Kier alpha value is -1.75. The van der Waals surface area contributed by atoms with Crippen LogP contribution < -0.4 is 5.32 Å². The number of anilines is 1. The number of nitrogens with zero attached hydrogens (tertiary/aromatic N) is 2. The van der Waals surface area contributed by atoms with Gasteiger partial charge in [-0.2, -0.15) is 0 Å². The summed E-state index contributed by atoms with van der Waals surface area (Å²) >= 11 is 0. The lowest BCUT2D eigenvalue weighted by atomic mass is 10.0. The Morgan fingerprint density at radius 3 is 2.54 bits per heavy atom. The summed E-state index contributed by atoms with van der Waals surface area (Å²) in [5.41, 5.74) is 1.91. The summed E-state index contributed by atoms with van der Waals surface area (Å²) in [6, 6.07) is 9.02. The van der Waals surface area contributed by atoms with Crippen molar-refractivity contribution in [2.45, 2.75) is 64.6 Å². The number of benzene rings is 1. The third-order valence-corrected chi connectivity index (χ3v) is 5.17. The van der Waals surface area contributed by atoms with E-state index in [-0.39, 0.29) is 12.1 Å². The van der Waals surface area contributed by atoms with E-state index in [0.29, 0.717) is 12.6 Å². The van der Waals surface area contributed by atoms with Gasteiger partial charge in [0.15, 0.2) is 0 Å². The highest BCUT2D eigenvalue weighted by atomic mass is 16.6. The Morgan fingerprint density at radius 2 is 1.88 bits per heavy atom. The van der Waals surface area contributed by atoms with Crippen LogP contribution in [0, 0.1) is 6.92 Å². The fraction of sp³-hybridized carbons (Fsp3) is 0.667. The van der Waals surface area contributed by atoms with E-state index in [1.165, 1.54) is 24.8 Å². The van der Waals surface area contributed by atoms with Crippen LogP contribution in [0.4, 0.5) is 10.5 Å². The van der Waals surface area contributed by atoms with E-state index in [2.05, 4.69) is 41.4 Å². The van der Waals surface area contributed by atoms with Crippen LogP contribution in [0.2, 0.25) is 0 Å². The van der Waals surface area contributed by atoms with Crippen molar-refractivity contribution < 1.29 is 9.53 Å². The van der Waals surface area contributed by atoms with E-state index in [1.54, 1.807) is 0 Å². The van der Waals surface area contributed by atoms with Crippen LogP contribution in [0.3, 0.4) is 0 Å². The predicted octanol–water partition coefficient (Wildman–Crippen LogP) is 3.88. The van der Waals surface area contributed by atoms with Crippen molar-refractivity contribution in [1.82, 2.24) is 9.80 Å². The molecule has 5 nitrogen and oxygen atoms in total. The minimum absolute atomic E-state index is 0.201. The van der Waals surface area contributed by atoms with Crippen molar-refractivity contribution in [2.24, 2.45) is 0 Å². The van der Waals surface area contributed by atoms with Gasteiger partial charge in [-0.15, -0.1) is 0 Å². The summed E-state index contributed by atoms with van der Waals surface area (Å²) in [4.78, 5) is 17.0. The second-order valence-electron chi connectivity index (χ2n) is 8.67. The molecule has 1 aromatic rings. The van der Waals surface area contributed by atoms with Crippen molar-refractivity contribution in [3.05, 3.63) is 29.8 Å². The normalized spacial score (nSPS) is 24.5. The Morgan fingerprint density at radius 1 is 1.15 bits per heavy atom. The number of amides is 1. The van der Waals surface area contributed by atoms with E-state index < -0.39 is 5.60 Å². The predicted molar refractivity (Wildman–Crippen MR) is 106 cm³/mol. The van der Waals surface area contributed by atoms with E-state index in [0.717, 1.165) is 25.3 Å². The number of piperidine rings is 1. The molecule has 3 rings (SSSR count). The fourth-order valence-electron chi connectivity index (χ4n) is 3.97. The van der Waals surface area contributed by atoms with E-state index >= 15 is 0 Å². The zero-order valence-electron chi connectivity index (χ0n) is 16.6. The lowest BCUT2D eigenvalue weighted by Gasteiger charge is -2.35. The molecular formula is C21H33N3O2. The molecule has 144 valence electrons. The van der Waals surface area contributed by atoms with Gasteiger partial charge < -0.3 is 15.0 Å². The maximum atomic E-state index is 12.6. The molecule has 2 heterocycles. The summed E-state index contributed by atoms with van der Waals surface area (Å²) < 4.78 is 5.62. The van der Waals surface area contributed by atoms with Gasteiger partial charge in [-0.1, -0.05) is 18.6 Å². The van der Waals surface area contributed by atoms with E-state index in [1.807, 2.05) is 25.7 Å². The van der Waals surface area contributed by atoms with Gasteiger partial charge in [0.2, 0.25) is 0 Å². The SMILES string of the molecule is Cc1cccc(N[C@H]2CN(C(=O)OC(C)(C)C)C[C@@H]2N2CCCCC2)c1. The standard InChI is InChI=1S/C21H33N3O2/c1-16-9-8-10-17(13-16)22-18-14-24(20(25)26-21(2,3)4)15-19(18)23-11-6-5-7-12-23/h8-10,13,18-19,22H,5-7,11-12,14-15H2,1-4H3/t18-,19-/m0/s1. The maximum absolute atomic E-state index is 12.6. The Balaban J connectivity index is 1.73. The molecule has 2 saturated heterocycles. The lowest BCUT2D eigenvalue weighted by molar-refractivity contribution is 0.0277. The first kappa shape index (κ1) is 19.0. The number of hydrogen-bond donors (Lipinski definition) is 1. The van der Waals surface area contributed by atoms with Crippen LogP contribution in [-0.4, -0.2) is 59.8 Å². The molecule has 0 saturated carbocycles. The van der Waals surface area contributed by atoms with Gasteiger partial charge in [-0.05, 0) is 71.3 Å². The molecule has 0 unspecified atom stereocenters. The van der Waals surface area contributed by atoms with Crippen molar-refractivity contribution in [3.63, 3.8) is 0 Å². The highest BCUT2D eigenvalue weighted by Gasteiger charge is 2.40. The van der Waals surface area contributed by atoms with Crippen molar-refractivity contribution >= 4 is 11.8 Å². The summed E-state index contributed by atoms with van der Waals surface area (Å²) in [5, 5.41) is 3.69. The zero-order chi connectivity index (χ0) is 18.7. The van der Waals surface area contributed by atoms with Crippen LogP contribution in [0.15, 0.2) is 24.3 Å². The molecule has 2 atom stereocenters. The number of carbonyl (C=O) groups excluding carboxylic acids is 1. The third-order valence-electron chi connectivity index (χ3n) is 5.17. The Labute approximate surface area is 157 Å². The summed E-state index contributed by atoms with van der Waals surface area (Å²) in [7, 11) is 0. The monoisotopic (exact) mass is 359 g/mol. The van der Waals surface area contributed by atoms with Crippen LogP contribution in [0.1, 0.15) is 45.6 Å². The molecule has 1 N–H and O–H groups in total. The molecule has 0 aromatic heterocycles. The first-order valence-corrected chi connectivity index (χ1v) is 9.87. The fourth-order valence-corrected chi connectivity index (χ4v) is 3.97. The van der Waals surface area contributed by atoms with Crippen molar-refractivity contribution in [2.75, 3.05) is 31.5 Å². The van der Waals surface area contributed by atoms with E-state index in [4.69, 9.17) is 4.74 Å². The first-order valence-electron chi connectivity index (χ1n) is 9.87. The van der Waals surface area contributed by atoms with E-state index in [9.17, 15) is 4.79 Å². The van der Waals surface area contributed by atoms with Crippen LogP contribution in [-0.2, 0) is 4.74 Å². The largest absolute Gasteiger partial charge is 0.444 e. The number of aryl methyl sites for hydroxylation is 1. The molecule has 0 bridgehead atoms. The molecule has 5 heteroatoms. The van der Waals surface area contributed by atoms with Gasteiger partial charge in [-0.25, -0.2) is 4.79 Å². The molecular weight excluding hydrogens is 326 g/mol. The summed E-state index contributed by atoms with van der Waals surface area (Å²) in [6.07, 6.45) is 3.61. The third kappa shape index (κ3) is 4.91. The average Bonchev–Trinajstić information content (AvgIpc) is 2.98. The highest BCUT2D eigenvalue weighted by Crippen LogP contribution is 2.25. The number of carbonyl (C=O) groups is 1. The molecule has 1 amide bonds. The van der Waals surface area contributed by atoms with Crippen LogP contribution in [0.5, 0.6) is 0 Å². The molecule has 0 aliphatic carbocycles. The van der Waals surface area contributed by atoms with Gasteiger partial charge in [0, 0.05) is 24.8 Å². The number of hydrogen-bond acceptors (Lipinski definition) is 4. The molecule has 2 fully saturated rings. The summed E-state index contributed by atoms with van der Waals surface area (Å²) in [6.45, 7) is 11.5. The number of likely N-dealkylation sites (tertiary alicyclic amines) is 2. The molecule has 2 aliphatic rings. The zero-order valence-corrected chi connectivity index (χ0v) is 16.6. The van der Waals surface area contributed by atoms with Crippen molar-refractivity contribution in [1.29, 1.82) is 0 Å². The molecule has 1 aromatic carbocycles. The molecule has 26 heavy (non-hydrogen) atoms. The number of rotatable bonds is 3. The van der Waals surface area contributed by atoms with Gasteiger partial charge in [0.25, 0.3) is 0 Å². The lowest BCUT2D eigenvalue weighted by Crippen LogP contribution is -2.48. The van der Waals surface area contributed by atoms with Gasteiger partial charge in [-0.3, -0.25) is 4.90 Å². The van der Waals surface area contributed by atoms with Crippen LogP contribution in [0.25, 0.3) is 0 Å². The molecule has 2 aliphatic heterocycles. The van der Waals surface area contributed by atoms with Crippen molar-refractivity contribution in [3.8, 4) is 0 Å². The molecule has 0 spiro atoms. The quantitative estimate of drug-likeness (QED) is 0.889. The van der Waals surface area contributed by atoms with Crippen LogP contribution >= 0.6 is 0 Å². The topological polar surface area (TPSA) is 44.8 Å². The number of nitrogens with one attached hydrogen (secondary N) is 1. The Kier molecular flexibility index (Phi) is 5.76. The minimum atomic E-state index is -0.459. The smallest absolute Gasteiger partial charge is 0.410 e. The average molecular weight is 360 g/mol. The molecule has 0 radical (unpaired) electrons. The second-order valence-corrected chi connectivity index (χ2v) is 8.67. The highest BCUT2D eigenvalue weighted by molar-refractivity contribution is 5.69. The summed E-state index contributed by atoms with van der Waals surface area (Å²) in [5.74, 6) is 0. The van der Waals surface area contributed by atoms with Gasteiger partial charge in [0.05, 0.1) is 6.04 Å². The minimum Gasteiger partial charge on any atom is -0.444 e. The second kappa shape index (κ2) is 7.87. The van der Waals surface area contributed by atoms with Gasteiger partial charge >= 0.3 is 6.09 Å². The first-order chi connectivity index (χ1) is 12.3. The number of ether oxygens (including phenoxy) is 1. The van der Waals surface area contributed by atoms with Gasteiger partial charge in [0.1, 0.15) is 5.60 Å². The maximum Gasteiger partial charge on any atom is 0.410 e. The Bertz CT molecular complexity index is 620.